The number of carbonyl (C=O) groups is 1. The molecule has 12 heavy (non-hydrogen) atoms. The first-order valence-electron chi connectivity index (χ1n) is 4.63. The van der Waals surface area contributed by atoms with Gasteiger partial charge in [-0.1, -0.05) is 30.7 Å². The molecule has 0 aliphatic heterocycles. The summed E-state index contributed by atoms with van der Waals surface area (Å²) < 4.78 is 0. The van der Waals surface area contributed by atoms with Crippen LogP contribution in [0.5, 0.6) is 0 Å². The van der Waals surface area contributed by atoms with Crippen molar-refractivity contribution in [1.29, 1.82) is 0 Å². The summed E-state index contributed by atoms with van der Waals surface area (Å²) in [5, 5.41) is 0. The van der Waals surface area contributed by atoms with Crippen molar-refractivity contribution in [3.05, 3.63) is 24.3 Å². The fourth-order valence-electron chi connectivity index (χ4n) is 0.953. The molecule has 0 aliphatic carbocycles. The molecule has 0 N–H and O–H groups in total. The number of unbranched alkanes of at least 4 members (excludes halogenated alkanes) is 4. The second-order valence-electron chi connectivity index (χ2n) is 2.76. The van der Waals surface area contributed by atoms with Gasteiger partial charge in [0.15, 0.2) is 0 Å². The maximum absolute atomic E-state index is 9.96. The highest BCUT2D eigenvalue weighted by atomic mass is 16.1. The summed E-state index contributed by atoms with van der Waals surface area (Å²) in [5.74, 6) is 0. The van der Waals surface area contributed by atoms with Gasteiger partial charge in [0.1, 0.15) is 6.29 Å². The van der Waals surface area contributed by atoms with Crippen LogP contribution < -0.4 is 0 Å². The van der Waals surface area contributed by atoms with Gasteiger partial charge in [0.2, 0.25) is 0 Å². The summed E-state index contributed by atoms with van der Waals surface area (Å²) >= 11 is 0. The van der Waals surface area contributed by atoms with Crippen LogP contribution in [0.1, 0.15) is 39.0 Å². The van der Waals surface area contributed by atoms with Crippen LogP contribution >= 0.6 is 0 Å². The summed E-state index contributed by atoms with van der Waals surface area (Å²) in [5.41, 5.74) is 0. The van der Waals surface area contributed by atoms with E-state index in [0.717, 1.165) is 25.5 Å². The van der Waals surface area contributed by atoms with E-state index in [4.69, 9.17) is 0 Å². The number of rotatable bonds is 7. The molecule has 0 unspecified atom stereocenters. The largest absolute Gasteiger partial charge is 0.303 e. The zero-order valence-electron chi connectivity index (χ0n) is 7.83. The van der Waals surface area contributed by atoms with Crippen molar-refractivity contribution in [1.82, 2.24) is 0 Å². The van der Waals surface area contributed by atoms with E-state index in [0.29, 0.717) is 0 Å². The molecule has 0 saturated carbocycles. The van der Waals surface area contributed by atoms with E-state index in [1.807, 2.05) is 19.1 Å². The van der Waals surface area contributed by atoms with E-state index in [9.17, 15) is 4.79 Å². The lowest BCUT2D eigenvalue weighted by molar-refractivity contribution is -0.107. The minimum atomic E-state index is 0.721. The van der Waals surface area contributed by atoms with Gasteiger partial charge in [-0.15, -0.1) is 0 Å². The van der Waals surface area contributed by atoms with E-state index in [1.165, 1.54) is 12.8 Å². The monoisotopic (exact) mass is 166 g/mol. The average molecular weight is 166 g/mol. The number of allylic oxidation sites excluding steroid dienone is 4. The second kappa shape index (κ2) is 10.2. The van der Waals surface area contributed by atoms with E-state index in [1.54, 1.807) is 0 Å². The Morgan fingerprint density at radius 2 is 1.75 bits per heavy atom. The van der Waals surface area contributed by atoms with Gasteiger partial charge < -0.3 is 4.79 Å². The van der Waals surface area contributed by atoms with Crippen LogP contribution in [0, 0.1) is 0 Å². The number of aldehydes is 1. The molecule has 0 radical (unpaired) electrons. The maximum atomic E-state index is 9.96. The Labute approximate surface area is 75.2 Å². The van der Waals surface area contributed by atoms with Gasteiger partial charge >= 0.3 is 0 Å². The first-order valence-corrected chi connectivity index (χ1v) is 4.63. The highest BCUT2D eigenvalue weighted by Crippen LogP contribution is 2.02. The van der Waals surface area contributed by atoms with E-state index in [-0.39, 0.29) is 0 Å². The quantitative estimate of drug-likeness (QED) is 0.322. The van der Waals surface area contributed by atoms with Crippen LogP contribution in [0.2, 0.25) is 0 Å². The molecule has 0 aromatic heterocycles. The molecule has 0 heterocycles. The number of hydrogen-bond acceptors (Lipinski definition) is 1. The SMILES string of the molecule is C/C=C\C=C/CCCCCC=O. The summed E-state index contributed by atoms with van der Waals surface area (Å²) in [7, 11) is 0. The molecule has 0 fully saturated rings. The lowest BCUT2D eigenvalue weighted by Gasteiger charge is -1.92. The second-order valence-corrected chi connectivity index (χ2v) is 2.76. The zero-order valence-corrected chi connectivity index (χ0v) is 7.83. The van der Waals surface area contributed by atoms with Gasteiger partial charge in [0.05, 0.1) is 0 Å². The maximum Gasteiger partial charge on any atom is 0.119 e. The molecular weight excluding hydrogens is 148 g/mol. The molecule has 0 aromatic rings. The molecule has 0 amide bonds. The summed E-state index contributed by atoms with van der Waals surface area (Å²) in [6.45, 7) is 2.01. The number of carbonyl (C=O) groups excluding carboxylic acids is 1. The fraction of sp³-hybridized carbons (Fsp3) is 0.545. The van der Waals surface area contributed by atoms with Crippen LogP contribution in [-0.2, 0) is 4.79 Å². The van der Waals surface area contributed by atoms with E-state index < -0.39 is 0 Å². The van der Waals surface area contributed by atoms with Crippen LogP contribution in [0.4, 0.5) is 0 Å². The molecule has 0 aliphatic rings. The Bertz CT molecular complexity index is 145. The van der Waals surface area contributed by atoms with Crippen LogP contribution in [0.15, 0.2) is 24.3 Å². The minimum Gasteiger partial charge on any atom is -0.303 e. The third-order valence-corrected chi connectivity index (χ3v) is 1.63. The summed E-state index contributed by atoms with van der Waals surface area (Å²) in [6, 6.07) is 0. The van der Waals surface area contributed by atoms with Crippen molar-refractivity contribution < 1.29 is 4.79 Å². The van der Waals surface area contributed by atoms with E-state index in [2.05, 4.69) is 12.2 Å². The van der Waals surface area contributed by atoms with Crippen molar-refractivity contribution in [2.24, 2.45) is 0 Å². The molecule has 1 nitrogen and oxygen atoms in total. The van der Waals surface area contributed by atoms with E-state index >= 15 is 0 Å². The Balaban J connectivity index is 3.04. The van der Waals surface area contributed by atoms with Crippen molar-refractivity contribution in [3.63, 3.8) is 0 Å². The highest BCUT2D eigenvalue weighted by molar-refractivity contribution is 5.48. The topological polar surface area (TPSA) is 17.1 Å². The zero-order chi connectivity index (χ0) is 9.07. The predicted octanol–water partition coefficient (Wildman–Crippen LogP) is 3.27. The lowest BCUT2D eigenvalue weighted by atomic mass is 10.1. The summed E-state index contributed by atoms with van der Waals surface area (Å²) in [4.78, 5) is 9.96. The molecule has 0 bridgehead atoms. The highest BCUT2D eigenvalue weighted by Gasteiger charge is 1.85. The smallest absolute Gasteiger partial charge is 0.119 e. The summed E-state index contributed by atoms with van der Waals surface area (Å²) in [6.07, 6.45) is 14.5. The Hall–Kier alpha value is -0.850. The molecule has 0 rings (SSSR count). The molecule has 0 spiro atoms. The van der Waals surface area contributed by atoms with Crippen molar-refractivity contribution in [3.8, 4) is 0 Å². The van der Waals surface area contributed by atoms with Crippen LogP contribution in [0.3, 0.4) is 0 Å². The molecular formula is C11H18O. The first kappa shape index (κ1) is 11.2. The molecule has 0 atom stereocenters. The van der Waals surface area contributed by atoms with Gasteiger partial charge in [-0.3, -0.25) is 0 Å². The molecule has 1 heteroatoms. The Morgan fingerprint density at radius 3 is 2.42 bits per heavy atom. The van der Waals surface area contributed by atoms with Gasteiger partial charge in [-0.2, -0.15) is 0 Å². The van der Waals surface area contributed by atoms with Crippen molar-refractivity contribution >= 4 is 6.29 Å². The van der Waals surface area contributed by atoms with Crippen molar-refractivity contribution in [2.75, 3.05) is 0 Å². The van der Waals surface area contributed by atoms with Gasteiger partial charge in [0, 0.05) is 6.42 Å². The predicted molar refractivity (Wildman–Crippen MR) is 53.1 cm³/mol. The standard InChI is InChI=1S/C11H18O/c1-2-3-4-5-6-7-8-9-10-11-12/h2-5,11H,6-10H2,1H3/b3-2-,5-4-. The van der Waals surface area contributed by atoms with Crippen LogP contribution in [0.25, 0.3) is 0 Å². The van der Waals surface area contributed by atoms with Crippen LogP contribution in [-0.4, -0.2) is 6.29 Å². The van der Waals surface area contributed by atoms with Gasteiger partial charge in [0.25, 0.3) is 0 Å². The minimum absolute atomic E-state index is 0.721. The Morgan fingerprint density at radius 1 is 1.00 bits per heavy atom. The fourth-order valence-corrected chi connectivity index (χ4v) is 0.953. The van der Waals surface area contributed by atoms with Gasteiger partial charge in [-0.25, -0.2) is 0 Å². The normalized spacial score (nSPS) is 11.4. The lowest BCUT2D eigenvalue weighted by Crippen LogP contribution is -1.77. The van der Waals surface area contributed by atoms with Gasteiger partial charge in [-0.05, 0) is 26.2 Å². The third-order valence-electron chi connectivity index (χ3n) is 1.63. The molecule has 0 saturated heterocycles. The molecule has 68 valence electrons. The third kappa shape index (κ3) is 9.15. The average Bonchev–Trinajstić information content (AvgIpc) is 2.10. The van der Waals surface area contributed by atoms with Crippen molar-refractivity contribution in [2.45, 2.75) is 39.0 Å². The Kier molecular flexibility index (Phi) is 9.43. The molecule has 0 aromatic carbocycles. The number of hydrogen-bond donors (Lipinski definition) is 0. The first-order chi connectivity index (χ1) is 5.91.